The van der Waals surface area contributed by atoms with Gasteiger partial charge in [-0.3, -0.25) is 4.98 Å². The molecule has 0 aliphatic heterocycles. The molecule has 0 amide bonds. The molecule has 0 N–H and O–H groups in total. The lowest BCUT2D eigenvalue weighted by molar-refractivity contribution is 1.11. The van der Waals surface area contributed by atoms with Gasteiger partial charge in [-0.1, -0.05) is 18.2 Å². The summed E-state index contributed by atoms with van der Waals surface area (Å²) >= 11 is 5.92. The molecule has 18 heavy (non-hydrogen) atoms. The van der Waals surface area contributed by atoms with E-state index in [1.54, 1.807) is 6.20 Å². The van der Waals surface area contributed by atoms with Crippen LogP contribution in [0.4, 0.5) is 0 Å². The number of aromatic nitrogens is 3. The molecule has 3 rings (SSSR count). The predicted molar refractivity (Wildman–Crippen MR) is 72.5 cm³/mol. The van der Waals surface area contributed by atoms with Crippen LogP contribution < -0.4 is 0 Å². The largest absolute Gasteiger partial charge is 0.264 e. The van der Waals surface area contributed by atoms with Crippen LogP contribution in [-0.4, -0.2) is 15.0 Å². The summed E-state index contributed by atoms with van der Waals surface area (Å²) in [6.45, 7) is 1.91. The third kappa shape index (κ3) is 1.93. The van der Waals surface area contributed by atoms with Crippen molar-refractivity contribution in [3.63, 3.8) is 0 Å². The molecule has 3 nitrogen and oxygen atoms in total. The van der Waals surface area contributed by atoms with Crippen LogP contribution in [0.1, 0.15) is 5.69 Å². The second kappa shape index (κ2) is 4.35. The highest BCUT2D eigenvalue weighted by Crippen LogP contribution is 2.27. The molecule has 0 spiro atoms. The van der Waals surface area contributed by atoms with E-state index in [1.165, 1.54) is 0 Å². The molecule has 88 valence electrons. The minimum Gasteiger partial charge on any atom is -0.264 e. The number of hydrogen-bond acceptors (Lipinski definition) is 3. The van der Waals surface area contributed by atoms with E-state index < -0.39 is 0 Å². The molecule has 0 aliphatic rings. The van der Waals surface area contributed by atoms with E-state index >= 15 is 0 Å². The lowest BCUT2D eigenvalue weighted by Crippen LogP contribution is -1.91. The standard InChI is InChI=1S/C14H10ClN3/c1-9-7-13(18-14(15)17-9)12-4-2-3-10-8-16-6-5-11(10)12/h2-8H,1H3. The number of pyridine rings is 1. The van der Waals surface area contributed by atoms with Crippen LogP contribution >= 0.6 is 11.6 Å². The van der Waals surface area contributed by atoms with Gasteiger partial charge in [-0.15, -0.1) is 0 Å². The molecule has 4 heteroatoms. The Balaban J connectivity index is 2.31. The predicted octanol–water partition coefficient (Wildman–Crippen LogP) is 3.65. The lowest BCUT2D eigenvalue weighted by atomic mass is 10.0. The highest BCUT2D eigenvalue weighted by Gasteiger charge is 2.07. The molecule has 0 bridgehead atoms. The Kier molecular flexibility index (Phi) is 2.68. The zero-order chi connectivity index (χ0) is 12.5. The number of rotatable bonds is 1. The molecule has 0 atom stereocenters. The zero-order valence-electron chi connectivity index (χ0n) is 9.76. The van der Waals surface area contributed by atoms with Crippen LogP contribution in [0.15, 0.2) is 42.7 Å². The van der Waals surface area contributed by atoms with Gasteiger partial charge in [0.25, 0.3) is 0 Å². The molecule has 0 unspecified atom stereocenters. The minimum atomic E-state index is 0.274. The molecule has 0 aliphatic carbocycles. The van der Waals surface area contributed by atoms with Crippen LogP contribution in [0.3, 0.4) is 0 Å². The van der Waals surface area contributed by atoms with E-state index in [2.05, 4.69) is 15.0 Å². The minimum absolute atomic E-state index is 0.274. The van der Waals surface area contributed by atoms with Gasteiger partial charge in [-0.25, -0.2) is 9.97 Å². The molecular formula is C14H10ClN3. The van der Waals surface area contributed by atoms with Gasteiger partial charge < -0.3 is 0 Å². The topological polar surface area (TPSA) is 38.7 Å². The van der Waals surface area contributed by atoms with E-state index in [-0.39, 0.29) is 5.28 Å². The first-order valence-electron chi connectivity index (χ1n) is 5.58. The van der Waals surface area contributed by atoms with Gasteiger partial charge in [0.05, 0.1) is 5.69 Å². The number of hydrogen-bond donors (Lipinski definition) is 0. The Morgan fingerprint density at radius 1 is 1.11 bits per heavy atom. The summed E-state index contributed by atoms with van der Waals surface area (Å²) in [7, 11) is 0. The number of aryl methyl sites for hydroxylation is 1. The van der Waals surface area contributed by atoms with Crippen LogP contribution in [0.5, 0.6) is 0 Å². The Hall–Kier alpha value is -2.00. The number of benzene rings is 1. The first-order chi connectivity index (χ1) is 8.74. The van der Waals surface area contributed by atoms with Crippen molar-refractivity contribution >= 4 is 22.4 Å². The molecule has 2 aromatic heterocycles. The summed E-state index contributed by atoms with van der Waals surface area (Å²) in [5.74, 6) is 0. The van der Waals surface area contributed by atoms with Crippen molar-refractivity contribution in [2.45, 2.75) is 6.92 Å². The third-order valence-corrected chi connectivity index (χ3v) is 2.95. The number of fused-ring (bicyclic) bond motifs is 1. The maximum Gasteiger partial charge on any atom is 0.223 e. The molecule has 1 aromatic carbocycles. The van der Waals surface area contributed by atoms with Gasteiger partial charge in [0.1, 0.15) is 0 Å². The summed E-state index contributed by atoms with van der Waals surface area (Å²) in [6, 6.07) is 9.96. The fourth-order valence-corrected chi connectivity index (χ4v) is 2.24. The second-order valence-corrected chi connectivity index (χ2v) is 4.40. The number of halogens is 1. The first-order valence-corrected chi connectivity index (χ1v) is 5.96. The Morgan fingerprint density at radius 2 is 2.00 bits per heavy atom. The van der Waals surface area contributed by atoms with Crippen LogP contribution in [-0.2, 0) is 0 Å². The molecular weight excluding hydrogens is 246 g/mol. The van der Waals surface area contributed by atoms with E-state index in [4.69, 9.17) is 11.6 Å². The highest BCUT2D eigenvalue weighted by atomic mass is 35.5. The summed E-state index contributed by atoms with van der Waals surface area (Å²) in [5, 5.41) is 2.47. The SMILES string of the molecule is Cc1cc(-c2cccc3cnccc23)nc(Cl)n1. The van der Waals surface area contributed by atoms with Crippen molar-refractivity contribution < 1.29 is 0 Å². The summed E-state index contributed by atoms with van der Waals surface area (Å²) in [5.41, 5.74) is 2.74. The van der Waals surface area contributed by atoms with Crippen molar-refractivity contribution in [3.05, 3.63) is 53.7 Å². The fourth-order valence-electron chi connectivity index (χ4n) is 2.02. The van der Waals surface area contributed by atoms with Gasteiger partial charge in [0.15, 0.2) is 0 Å². The van der Waals surface area contributed by atoms with E-state index in [9.17, 15) is 0 Å². The van der Waals surface area contributed by atoms with Crippen molar-refractivity contribution in [2.24, 2.45) is 0 Å². The highest BCUT2D eigenvalue weighted by molar-refractivity contribution is 6.28. The van der Waals surface area contributed by atoms with Crippen LogP contribution in [0, 0.1) is 6.92 Å². The third-order valence-electron chi connectivity index (χ3n) is 2.78. The van der Waals surface area contributed by atoms with Crippen molar-refractivity contribution in [2.75, 3.05) is 0 Å². The average molecular weight is 256 g/mol. The molecule has 0 saturated carbocycles. The van der Waals surface area contributed by atoms with Gasteiger partial charge in [0.2, 0.25) is 5.28 Å². The average Bonchev–Trinajstić information content (AvgIpc) is 2.37. The van der Waals surface area contributed by atoms with Crippen LogP contribution in [0.2, 0.25) is 5.28 Å². The van der Waals surface area contributed by atoms with Crippen molar-refractivity contribution in [1.82, 2.24) is 15.0 Å². The Labute approximate surface area is 109 Å². The van der Waals surface area contributed by atoms with E-state index in [0.717, 1.165) is 27.7 Å². The van der Waals surface area contributed by atoms with Gasteiger partial charge in [-0.2, -0.15) is 0 Å². The van der Waals surface area contributed by atoms with Crippen molar-refractivity contribution in [3.8, 4) is 11.3 Å². The van der Waals surface area contributed by atoms with E-state index in [1.807, 2.05) is 43.5 Å². The summed E-state index contributed by atoms with van der Waals surface area (Å²) in [6.07, 6.45) is 3.62. The quantitative estimate of drug-likeness (QED) is 0.623. The molecule has 0 saturated heterocycles. The second-order valence-electron chi connectivity index (χ2n) is 4.07. The molecule has 0 fully saturated rings. The van der Waals surface area contributed by atoms with Gasteiger partial charge >= 0.3 is 0 Å². The summed E-state index contributed by atoms with van der Waals surface area (Å²) in [4.78, 5) is 12.5. The maximum absolute atomic E-state index is 5.92. The lowest BCUT2D eigenvalue weighted by Gasteiger charge is -2.06. The Bertz CT molecular complexity index is 700. The molecule has 0 radical (unpaired) electrons. The molecule has 2 heterocycles. The normalized spacial score (nSPS) is 10.8. The Morgan fingerprint density at radius 3 is 2.83 bits per heavy atom. The first kappa shape index (κ1) is 11.1. The van der Waals surface area contributed by atoms with Gasteiger partial charge in [0, 0.05) is 29.0 Å². The maximum atomic E-state index is 5.92. The fraction of sp³-hybridized carbons (Fsp3) is 0.0714. The van der Waals surface area contributed by atoms with E-state index in [0.29, 0.717) is 0 Å². The van der Waals surface area contributed by atoms with Crippen LogP contribution in [0.25, 0.3) is 22.0 Å². The monoisotopic (exact) mass is 255 g/mol. The molecule has 3 aromatic rings. The summed E-state index contributed by atoms with van der Waals surface area (Å²) < 4.78 is 0. The zero-order valence-corrected chi connectivity index (χ0v) is 10.5. The smallest absolute Gasteiger partial charge is 0.223 e. The van der Waals surface area contributed by atoms with Gasteiger partial charge in [-0.05, 0) is 36.0 Å². The van der Waals surface area contributed by atoms with Crippen molar-refractivity contribution in [1.29, 1.82) is 0 Å². The number of nitrogens with zero attached hydrogens (tertiary/aromatic N) is 3.